The molecule has 8 heteroatoms. The van der Waals surface area contributed by atoms with Crippen molar-refractivity contribution in [3.63, 3.8) is 0 Å². The van der Waals surface area contributed by atoms with Gasteiger partial charge in [0.2, 0.25) is 0 Å². The minimum absolute atomic E-state index is 0.0315. The molecule has 0 bridgehead atoms. The molecule has 7 nitrogen and oxygen atoms in total. The summed E-state index contributed by atoms with van der Waals surface area (Å²) < 4.78 is 9.45. The maximum absolute atomic E-state index is 13.2. The van der Waals surface area contributed by atoms with Crippen LogP contribution < -0.4 is 10.5 Å². The molecule has 1 aromatic carbocycles. The van der Waals surface area contributed by atoms with E-state index in [1.165, 1.54) is 0 Å². The van der Waals surface area contributed by atoms with Crippen LogP contribution in [0.1, 0.15) is 17.4 Å². The lowest BCUT2D eigenvalue weighted by atomic mass is 10.0. The van der Waals surface area contributed by atoms with E-state index in [-0.39, 0.29) is 11.7 Å². The van der Waals surface area contributed by atoms with E-state index in [0.717, 1.165) is 33.7 Å². The number of aromatic nitrogens is 4. The summed E-state index contributed by atoms with van der Waals surface area (Å²) in [5, 5.41) is 6.42. The van der Waals surface area contributed by atoms with Gasteiger partial charge in [-0.2, -0.15) is 5.10 Å². The first-order chi connectivity index (χ1) is 15.4. The predicted molar refractivity (Wildman–Crippen MR) is 126 cm³/mol. The predicted octanol–water partition coefficient (Wildman–Crippen LogP) is 3.87. The summed E-state index contributed by atoms with van der Waals surface area (Å²) in [6, 6.07) is 11.5. The molecule has 1 atom stereocenters. The van der Waals surface area contributed by atoms with Crippen molar-refractivity contribution in [1.82, 2.24) is 19.3 Å². The molecule has 0 aliphatic carbocycles. The molecule has 1 aliphatic heterocycles. The van der Waals surface area contributed by atoms with Crippen LogP contribution in [0.2, 0.25) is 5.02 Å². The Morgan fingerprint density at radius 1 is 1.12 bits per heavy atom. The number of nitrogens with zero attached hydrogens (tertiary/aromatic N) is 5. The first-order valence-corrected chi connectivity index (χ1v) is 10.9. The Kier molecular flexibility index (Phi) is 5.23. The van der Waals surface area contributed by atoms with Gasteiger partial charge in [0.05, 0.1) is 23.9 Å². The Hall–Kier alpha value is -3.16. The van der Waals surface area contributed by atoms with Crippen molar-refractivity contribution >= 4 is 28.2 Å². The van der Waals surface area contributed by atoms with E-state index >= 15 is 0 Å². The Labute approximate surface area is 190 Å². The molecule has 0 amide bonds. The molecule has 1 fully saturated rings. The van der Waals surface area contributed by atoms with Gasteiger partial charge in [-0.1, -0.05) is 23.7 Å². The number of morpholine rings is 1. The molecular formula is C24H24ClN5O2. The van der Waals surface area contributed by atoms with Crippen LogP contribution in [-0.4, -0.2) is 39.0 Å². The monoisotopic (exact) mass is 449 g/mol. The van der Waals surface area contributed by atoms with Crippen LogP contribution in [0.5, 0.6) is 0 Å². The molecule has 1 saturated heterocycles. The average molecular weight is 450 g/mol. The van der Waals surface area contributed by atoms with Crippen molar-refractivity contribution in [1.29, 1.82) is 0 Å². The number of fused-ring (bicyclic) bond motifs is 1. The van der Waals surface area contributed by atoms with Gasteiger partial charge in [0.15, 0.2) is 0 Å². The average Bonchev–Trinajstić information content (AvgIpc) is 3.24. The Bertz CT molecular complexity index is 1360. The highest BCUT2D eigenvalue weighted by molar-refractivity contribution is 6.30. The summed E-state index contributed by atoms with van der Waals surface area (Å²) in [6.07, 6.45) is 3.70. The van der Waals surface area contributed by atoms with E-state index in [9.17, 15) is 4.79 Å². The fraction of sp³-hybridized carbons (Fsp3) is 0.292. The van der Waals surface area contributed by atoms with Crippen molar-refractivity contribution in [2.24, 2.45) is 14.1 Å². The van der Waals surface area contributed by atoms with Crippen molar-refractivity contribution in [2.75, 3.05) is 24.6 Å². The summed E-state index contributed by atoms with van der Waals surface area (Å²) in [7, 11) is 3.69. The third-order valence-electron chi connectivity index (χ3n) is 6.07. The molecule has 3 aromatic heterocycles. The first kappa shape index (κ1) is 20.7. The Morgan fingerprint density at radius 2 is 1.91 bits per heavy atom. The molecule has 32 heavy (non-hydrogen) atoms. The summed E-state index contributed by atoms with van der Waals surface area (Å²) in [5.74, 6) is 0.764. The van der Waals surface area contributed by atoms with E-state index in [4.69, 9.17) is 21.3 Å². The van der Waals surface area contributed by atoms with Gasteiger partial charge >= 0.3 is 0 Å². The zero-order valence-corrected chi connectivity index (χ0v) is 19.0. The number of aryl methyl sites for hydroxylation is 2. The van der Waals surface area contributed by atoms with Crippen LogP contribution in [0.15, 0.2) is 53.6 Å². The van der Waals surface area contributed by atoms with E-state index in [2.05, 4.69) is 10.00 Å². The molecular weight excluding hydrogens is 426 g/mol. The van der Waals surface area contributed by atoms with E-state index < -0.39 is 0 Å². The van der Waals surface area contributed by atoms with Gasteiger partial charge in [0, 0.05) is 60.6 Å². The topological polar surface area (TPSA) is 65.2 Å². The smallest absolute Gasteiger partial charge is 0.258 e. The molecule has 0 radical (unpaired) electrons. The molecule has 4 aromatic rings. The van der Waals surface area contributed by atoms with Crippen LogP contribution >= 0.6 is 11.6 Å². The molecule has 0 unspecified atom stereocenters. The van der Waals surface area contributed by atoms with Crippen LogP contribution in [0, 0.1) is 6.92 Å². The Morgan fingerprint density at radius 3 is 2.62 bits per heavy atom. The highest BCUT2D eigenvalue weighted by Gasteiger charge is 2.25. The van der Waals surface area contributed by atoms with Gasteiger partial charge in [0.25, 0.3) is 5.56 Å². The number of pyridine rings is 2. The van der Waals surface area contributed by atoms with Crippen LogP contribution in [-0.2, 0) is 18.8 Å². The van der Waals surface area contributed by atoms with Crippen LogP contribution in [0.25, 0.3) is 22.0 Å². The van der Waals surface area contributed by atoms with Gasteiger partial charge in [-0.15, -0.1) is 0 Å². The second-order valence-corrected chi connectivity index (χ2v) is 8.64. The van der Waals surface area contributed by atoms with Crippen molar-refractivity contribution in [3.05, 3.63) is 75.4 Å². The number of halogens is 1. The summed E-state index contributed by atoms with van der Waals surface area (Å²) in [5.41, 5.74) is 3.58. The number of rotatable bonds is 3. The highest BCUT2D eigenvalue weighted by Crippen LogP contribution is 2.32. The molecule has 4 heterocycles. The number of anilines is 1. The normalized spacial score (nSPS) is 16.6. The number of hydrogen-bond donors (Lipinski definition) is 0. The summed E-state index contributed by atoms with van der Waals surface area (Å²) >= 11 is 6.11. The SMILES string of the molecule is Cc1cc2c(-c3ccc(Cl)cc3)nc(N3CCO[C@@H](c4cnn(C)c4)C3)cc2c(=O)n1C. The lowest BCUT2D eigenvalue weighted by Crippen LogP contribution is -2.39. The standard InChI is InChI=1S/C24H24ClN5O2/c1-15-10-19-20(24(31)29(15)3)11-22(27-23(19)16-4-6-18(25)7-5-16)30-8-9-32-21(14-30)17-12-26-28(2)13-17/h4-7,10-13,21H,8-9,14H2,1-3H3/t21-/m1/s1. The highest BCUT2D eigenvalue weighted by atomic mass is 35.5. The van der Waals surface area contributed by atoms with Crippen LogP contribution in [0.4, 0.5) is 5.82 Å². The van der Waals surface area contributed by atoms with Crippen molar-refractivity contribution in [2.45, 2.75) is 13.0 Å². The van der Waals surface area contributed by atoms with E-state index in [1.54, 1.807) is 16.3 Å². The second kappa shape index (κ2) is 8.07. The van der Waals surface area contributed by atoms with Crippen molar-refractivity contribution in [3.8, 4) is 11.3 Å². The van der Waals surface area contributed by atoms with Gasteiger partial charge in [-0.05, 0) is 31.2 Å². The molecule has 0 spiro atoms. The zero-order valence-electron chi connectivity index (χ0n) is 18.2. The molecule has 1 aliphatic rings. The quantitative estimate of drug-likeness (QED) is 0.475. The number of benzene rings is 1. The first-order valence-electron chi connectivity index (χ1n) is 10.5. The van der Waals surface area contributed by atoms with Crippen LogP contribution in [0.3, 0.4) is 0 Å². The maximum atomic E-state index is 13.2. The van der Waals surface area contributed by atoms with E-state index in [0.29, 0.717) is 30.1 Å². The van der Waals surface area contributed by atoms with Crippen molar-refractivity contribution < 1.29 is 4.74 Å². The van der Waals surface area contributed by atoms with Gasteiger partial charge < -0.3 is 14.2 Å². The maximum Gasteiger partial charge on any atom is 0.258 e. The minimum Gasteiger partial charge on any atom is -0.370 e. The number of hydrogen-bond acceptors (Lipinski definition) is 5. The lowest BCUT2D eigenvalue weighted by molar-refractivity contribution is 0.0395. The third-order valence-corrected chi connectivity index (χ3v) is 6.32. The minimum atomic E-state index is -0.102. The van der Waals surface area contributed by atoms with Gasteiger partial charge in [0.1, 0.15) is 11.9 Å². The molecule has 0 N–H and O–H groups in total. The van der Waals surface area contributed by atoms with Gasteiger partial charge in [-0.3, -0.25) is 9.48 Å². The lowest BCUT2D eigenvalue weighted by Gasteiger charge is -2.33. The fourth-order valence-corrected chi connectivity index (χ4v) is 4.29. The summed E-state index contributed by atoms with van der Waals surface area (Å²) in [6.45, 7) is 3.83. The summed E-state index contributed by atoms with van der Waals surface area (Å²) in [4.78, 5) is 20.4. The third kappa shape index (κ3) is 3.67. The molecule has 5 rings (SSSR count). The van der Waals surface area contributed by atoms with Gasteiger partial charge in [-0.25, -0.2) is 4.98 Å². The largest absolute Gasteiger partial charge is 0.370 e. The zero-order chi connectivity index (χ0) is 22.4. The van der Waals surface area contributed by atoms with E-state index in [1.807, 2.05) is 62.8 Å². The fourth-order valence-electron chi connectivity index (χ4n) is 4.17. The molecule has 0 saturated carbocycles. The Balaban J connectivity index is 1.64. The molecule has 164 valence electrons. The number of ether oxygens (including phenoxy) is 1. The second-order valence-electron chi connectivity index (χ2n) is 8.20.